The van der Waals surface area contributed by atoms with Crippen LogP contribution < -0.4 is 11.5 Å². The van der Waals surface area contributed by atoms with E-state index in [0.29, 0.717) is 44.7 Å². The highest BCUT2D eigenvalue weighted by atomic mass is 35.5. The topological polar surface area (TPSA) is 75.6 Å². The van der Waals surface area contributed by atoms with Crippen molar-refractivity contribution in [3.63, 3.8) is 0 Å². The minimum Gasteiger partial charge on any atom is -0.404 e. The van der Waals surface area contributed by atoms with Crippen LogP contribution in [-0.2, 0) is 11.2 Å². The fourth-order valence-corrected chi connectivity index (χ4v) is 5.77. The molecule has 4 N–H and O–H groups in total. The number of likely N-dealkylation sites (tertiary alicyclic amines) is 2. The van der Waals surface area contributed by atoms with Crippen molar-refractivity contribution in [1.29, 1.82) is 0 Å². The number of carbonyl (C=O) groups excluding carboxylic acids is 1. The van der Waals surface area contributed by atoms with Gasteiger partial charge in [-0.05, 0) is 67.8 Å². The minimum atomic E-state index is -0.0347. The first-order valence-corrected chi connectivity index (χ1v) is 12.9. The largest absolute Gasteiger partial charge is 0.404 e. The van der Waals surface area contributed by atoms with E-state index in [9.17, 15) is 4.79 Å². The molecule has 2 atom stereocenters. The van der Waals surface area contributed by atoms with E-state index in [2.05, 4.69) is 17.9 Å². The summed E-state index contributed by atoms with van der Waals surface area (Å²) in [6, 6.07) is 13.9. The predicted octanol–water partition coefficient (Wildman–Crippen LogP) is 5.07. The number of anilines is 1. The van der Waals surface area contributed by atoms with Crippen molar-refractivity contribution in [3.8, 4) is 0 Å². The van der Waals surface area contributed by atoms with Gasteiger partial charge in [-0.3, -0.25) is 9.69 Å². The average molecular weight is 502 g/mol. The maximum Gasteiger partial charge on any atom is 0.256 e. The van der Waals surface area contributed by atoms with Crippen LogP contribution in [0.5, 0.6) is 0 Å². The van der Waals surface area contributed by atoms with E-state index in [4.69, 9.17) is 34.7 Å². The summed E-state index contributed by atoms with van der Waals surface area (Å²) < 4.78 is 0. The average Bonchev–Trinajstić information content (AvgIpc) is 2.84. The number of para-hydroxylation sites is 1. The second-order valence-corrected chi connectivity index (χ2v) is 10.5. The summed E-state index contributed by atoms with van der Waals surface area (Å²) in [4.78, 5) is 17.7. The highest BCUT2D eigenvalue weighted by molar-refractivity contribution is 6.42. The van der Waals surface area contributed by atoms with Crippen molar-refractivity contribution in [2.45, 2.75) is 38.6 Å². The Labute approximate surface area is 212 Å². The van der Waals surface area contributed by atoms with Gasteiger partial charge in [0, 0.05) is 43.1 Å². The van der Waals surface area contributed by atoms with Gasteiger partial charge in [-0.15, -0.1) is 0 Å². The number of carbonyl (C=O) groups is 1. The molecule has 0 bridgehead atoms. The second kappa shape index (κ2) is 11.0. The second-order valence-electron chi connectivity index (χ2n) is 9.66. The van der Waals surface area contributed by atoms with Gasteiger partial charge in [0.25, 0.3) is 5.91 Å². The first-order valence-electron chi connectivity index (χ1n) is 12.1. The summed E-state index contributed by atoms with van der Waals surface area (Å²) in [5, 5.41) is 1.24. The molecule has 2 aromatic carbocycles. The quantitative estimate of drug-likeness (QED) is 0.443. The van der Waals surface area contributed by atoms with Gasteiger partial charge in [-0.25, -0.2) is 0 Å². The van der Waals surface area contributed by atoms with Gasteiger partial charge in [0.15, 0.2) is 0 Å². The van der Waals surface area contributed by atoms with Crippen molar-refractivity contribution >= 4 is 40.4 Å². The number of halogens is 2. The van der Waals surface area contributed by atoms with Gasteiger partial charge in [0.2, 0.25) is 0 Å². The number of nitrogens with zero attached hydrogens (tertiary/aromatic N) is 2. The number of benzene rings is 2. The normalized spacial score (nSPS) is 22.7. The SMILES string of the molecule is CC1CN(C2CCN(C(=O)/C(=C/N)c3ccccc3N)CC2)CCC1Cc1ccc(Cl)c(Cl)c1. The van der Waals surface area contributed by atoms with Crippen LogP contribution in [0.15, 0.2) is 48.7 Å². The predicted molar refractivity (Wildman–Crippen MR) is 142 cm³/mol. The third-order valence-electron chi connectivity index (χ3n) is 7.51. The summed E-state index contributed by atoms with van der Waals surface area (Å²) in [5.41, 5.74) is 14.9. The molecule has 1 amide bonds. The smallest absolute Gasteiger partial charge is 0.256 e. The first kappa shape index (κ1) is 24.9. The van der Waals surface area contributed by atoms with Gasteiger partial charge in [0.1, 0.15) is 0 Å². The molecule has 0 radical (unpaired) electrons. The lowest BCUT2D eigenvalue weighted by atomic mass is 9.81. The lowest BCUT2D eigenvalue weighted by molar-refractivity contribution is -0.126. The Balaban J connectivity index is 1.30. The van der Waals surface area contributed by atoms with Gasteiger partial charge in [-0.1, -0.05) is 54.4 Å². The van der Waals surface area contributed by atoms with Crippen LogP contribution >= 0.6 is 23.2 Å². The highest BCUT2D eigenvalue weighted by Crippen LogP contribution is 2.32. The molecule has 0 spiro atoms. The first-order chi connectivity index (χ1) is 16.4. The Bertz CT molecular complexity index is 1050. The van der Waals surface area contributed by atoms with E-state index < -0.39 is 0 Å². The fraction of sp³-hybridized carbons (Fsp3) is 0.444. The van der Waals surface area contributed by atoms with Crippen LogP contribution in [0.1, 0.15) is 37.3 Å². The van der Waals surface area contributed by atoms with Crippen LogP contribution in [0.4, 0.5) is 5.69 Å². The number of piperidine rings is 2. The number of amides is 1. The molecule has 2 aliphatic rings. The molecule has 2 fully saturated rings. The van der Waals surface area contributed by atoms with Crippen LogP contribution in [0.3, 0.4) is 0 Å². The Morgan fingerprint density at radius 1 is 1.06 bits per heavy atom. The minimum absolute atomic E-state index is 0.0347. The standard InChI is InChI=1S/C27H34Cl2N4O/c1-18-17-33(11-8-20(18)14-19-6-7-24(28)25(29)15-19)21-9-12-32(13-10-21)27(34)23(16-30)22-4-2-3-5-26(22)31/h2-7,15-16,18,20-21H,8-14,17,30-31H2,1H3/b23-16+. The Morgan fingerprint density at radius 2 is 1.79 bits per heavy atom. The van der Waals surface area contributed by atoms with E-state index in [0.717, 1.165) is 45.4 Å². The van der Waals surface area contributed by atoms with E-state index in [1.54, 1.807) is 6.07 Å². The van der Waals surface area contributed by atoms with Crippen molar-refractivity contribution in [2.75, 3.05) is 31.9 Å². The van der Waals surface area contributed by atoms with Crippen LogP contribution in [0.2, 0.25) is 10.0 Å². The fourth-order valence-electron chi connectivity index (χ4n) is 5.45. The molecule has 2 aliphatic heterocycles. The Hall–Kier alpha value is -2.21. The summed E-state index contributed by atoms with van der Waals surface area (Å²) >= 11 is 12.3. The molecule has 34 heavy (non-hydrogen) atoms. The molecular weight excluding hydrogens is 467 g/mol. The number of hydrogen-bond acceptors (Lipinski definition) is 4. The molecule has 2 heterocycles. The number of hydrogen-bond donors (Lipinski definition) is 2. The summed E-state index contributed by atoms with van der Waals surface area (Å²) in [6.07, 6.45) is 5.57. The van der Waals surface area contributed by atoms with Crippen molar-refractivity contribution in [2.24, 2.45) is 17.6 Å². The maximum atomic E-state index is 13.2. The molecule has 0 saturated carbocycles. The van der Waals surface area contributed by atoms with Crippen molar-refractivity contribution in [1.82, 2.24) is 9.80 Å². The van der Waals surface area contributed by atoms with E-state index >= 15 is 0 Å². The third-order valence-corrected chi connectivity index (χ3v) is 8.25. The van der Waals surface area contributed by atoms with Crippen molar-refractivity contribution < 1.29 is 4.79 Å². The molecule has 5 nitrogen and oxygen atoms in total. The zero-order valence-corrected chi connectivity index (χ0v) is 21.2. The van der Waals surface area contributed by atoms with E-state index in [1.165, 1.54) is 18.2 Å². The summed E-state index contributed by atoms with van der Waals surface area (Å²) in [7, 11) is 0. The summed E-state index contributed by atoms with van der Waals surface area (Å²) in [5.74, 6) is 1.21. The van der Waals surface area contributed by atoms with Crippen LogP contribution in [-0.4, -0.2) is 47.9 Å². The number of rotatable bonds is 5. The monoisotopic (exact) mass is 500 g/mol. The van der Waals surface area contributed by atoms with Gasteiger partial charge in [-0.2, -0.15) is 0 Å². The molecule has 7 heteroatoms. The van der Waals surface area contributed by atoms with E-state index in [1.807, 2.05) is 35.2 Å². The number of nitrogens with two attached hydrogens (primary N) is 2. The van der Waals surface area contributed by atoms with Gasteiger partial charge in [0.05, 0.1) is 15.6 Å². The molecule has 0 aromatic heterocycles. The van der Waals surface area contributed by atoms with Crippen LogP contribution in [0, 0.1) is 11.8 Å². The van der Waals surface area contributed by atoms with Crippen LogP contribution in [0.25, 0.3) is 5.57 Å². The molecule has 0 aliphatic carbocycles. The zero-order valence-electron chi connectivity index (χ0n) is 19.7. The van der Waals surface area contributed by atoms with Gasteiger partial charge < -0.3 is 16.4 Å². The molecule has 4 rings (SSSR count). The molecule has 2 aromatic rings. The third kappa shape index (κ3) is 5.54. The molecule has 2 saturated heterocycles. The lowest BCUT2D eigenvalue weighted by Gasteiger charge is -2.44. The molecule has 182 valence electrons. The maximum absolute atomic E-state index is 13.2. The Kier molecular flexibility index (Phi) is 8.07. The van der Waals surface area contributed by atoms with Gasteiger partial charge >= 0.3 is 0 Å². The summed E-state index contributed by atoms with van der Waals surface area (Å²) in [6.45, 7) is 6.04. The highest BCUT2D eigenvalue weighted by Gasteiger charge is 2.33. The Morgan fingerprint density at radius 3 is 2.44 bits per heavy atom. The van der Waals surface area contributed by atoms with Crippen molar-refractivity contribution in [3.05, 3.63) is 69.8 Å². The zero-order chi connectivity index (χ0) is 24.2. The molecular formula is C27H34Cl2N4O. The molecule has 2 unspecified atom stereocenters. The number of nitrogen functional groups attached to an aromatic ring is 1. The van der Waals surface area contributed by atoms with E-state index in [-0.39, 0.29) is 5.91 Å². The lowest BCUT2D eigenvalue weighted by Crippen LogP contribution is -2.51.